The smallest absolute Gasteiger partial charge is 0.142 e. The van der Waals surface area contributed by atoms with Gasteiger partial charge in [0.1, 0.15) is 5.75 Å². The van der Waals surface area contributed by atoms with Crippen molar-refractivity contribution in [2.45, 2.75) is 26.7 Å². The molecule has 0 amide bonds. The van der Waals surface area contributed by atoms with Gasteiger partial charge in [0.2, 0.25) is 0 Å². The van der Waals surface area contributed by atoms with Crippen molar-refractivity contribution in [2.75, 3.05) is 12.3 Å². The van der Waals surface area contributed by atoms with E-state index in [4.69, 9.17) is 10.5 Å². The number of ether oxygens (including phenoxy) is 1. The summed E-state index contributed by atoms with van der Waals surface area (Å²) < 4.78 is 5.63. The van der Waals surface area contributed by atoms with Gasteiger partial charge < -0.3 is 10.5 Å². The predicted octanol–water partition coefficient (Wildman–Crippen LogP) is 3.08. The maximum Gasteiger partial charge on any atom is 0.142 e. The minimum atomic E-state index is 0.597. The lowest BCUT2D eigenvalue weighted by Crippen LogP contribution is -2.09. The number of para-hydroxylation sites is 2. The van der Waals surface area contributed by atoms with Crippen LogP contribution >= 0.6 is 0 Å². The molecule has 1 atom stereocenters. The summed E-state index contributed by atoms with van der Waals surface area (Å²) in [6.45, 7) is 5.14. The minimum absolute atomic E-state index is 0.597. The Morgan fingerprint density at radius 2 is 2.07 bits per heavy atom. The van der Waals surface area contributed by atoms with Crippen LogP contribution in [0, 0.1) is 5.92 Å². The van der Waals surface area contributed by atoms with Gasteiger partial charge in [-0.2, -0.15) is 0 Å². The molecule has 0 radical (unpaired) electrons. The third kappa shape index (κ3) is 3.29. The largest absolute Gasteiger partial charge is 0.491 e. The van der Waals surface area contributed by atoms with Gasteiger partial charge in [-0.1, -0.05) is 32.4 Å². The Morgan fingerprint density at radius 3 is 2.71 bits per heavy atom. The first-order chi connectivity index (χ1) is 6.74. The third-order valence-electron chi connectivity index (χ3n) is 2.22. The number of nitrogen functional groups attached to an aromatic ring is 1. The Bertz CT molecular complexity index is 273. The molecule has 0 spiro atoms. The molecule has 0 aliphatic rings. The van der Waals surface area contributed by atoms with E-state index in [0.29, 0.717) is 5.92 Å². The summed E-state index contributed by atoms with van der Waals surface area (Å²) in [4.78, 5) is 0. The summed E-state index contributed by atoms with van der Waals surface area (Å²) in [5.74, 6) is 1.40. The van der Waals surface area contributed by atoms with Crippen LogP contribution in [0.2, 0.25) is 0 Å². The van der Waals surface area contributed by atoms with Crippen LogP contribution in [0.15, 0.2) is 24.3 Å². The van der Waals surface area contributed by atoms with Gasteiger partial charge in [0.25, 0.3) is 0 Å². The fourth-order valence-corrected chi connectivity index (χ4v) is 1.42. The number of hydrogen-bond acceptors (Lipinski definition) is 2. The summed E-state index contributed by atoms with van der Waals surface area (Å²) in [5, 5.41) is 0. The lowest BCUT2D eigenvalue weighted by molar-refractivity contribution is 0.253. The van der Waals surface area contributed by atoms with Gasteiger partial charge in [-0.25, -0.2) is 0 Å². The van der Waals surface area contributed by atoms with Gasteiger partial charge in [0, 0.05) is 0 Å². The SMILES string of the molecule is CCCC(C)COc1ccccc1N. The molecule has 0 aliphatic heterocycles. The molecule has 0 aliphatic carbocycles. The predicted molar refractivity (Wildman–Crippen MR) is 60.4 cm³/mol. The van der Waals surface area contributed by atoms with E-state index in [2.05, 4.69) is 13.8 Å². The van der Waals surface area contributed by atoms with E-state index in [1.165, 1.54) is 12.8 Å². The van der Waals surface area contributed by atoms with E-state index in [1.807, 2.05) is 24.3 Å². The number of benzene rings is 1. The number of anilines is 1. The molecular weight excluding hydrogens is 174 g/mol. The highest BCUT2D eigenvalue weighted by atomic mass is 16.5. The van der Waals surface area contributed by atoms with Crippen LogP contribution in [0.5, 0.6) is 5.75 Å². The fraction of sp³-hybridized carbons (Fsp3) is 0.500. The van der Waals surface area contributed by atoms with Crippen LogP contribution in [0.25, 0.3) is 0 Å². The molecule has 2 N–H and O–H groups in total. The summed E-state index contributed by atoms with van der Waals surface area (Å²) >= 11 is 0. The molecule has 0 aromatic heterocycles. The molecule has 78 valence electrons. The number of hydrogen-bond donors (Lipinski definition) is 1. The lowest BCUT2D eigenvalue weighted by atomic mass is 10.1. The van der Waals surface area contributed by atoms with Crippen LogP contribution in [0.4, 0.5) is 5.69 Å². The van der Waals surface area contributed by atoms with Crippen LogP contribution < -0.4 is 10.5 Å². The van der Waals surface area contributed by atoms with E-state index in [0.717, 1.165) is 18.0 Å². The summed E-state index contributed by atoms with van der Waals surface area (Å²) in [6, 6.07) is 7.63. The second-order valence-electron chi connectivity index (χ2n) is 3.74. The highest BCUT2D eigenvalue weighted by Gasteiger charge is 2.03. The summed E-state index contributed by atoms with van der Waals surface area (Å²) in [6.07, 6.45) is 2.40. The maximum absolute atomic E-state index is 5.76. The fourth-order valence-electron chi connectivity index (χ4n) is 1.42. The minimum Gasteiger partial charge on any atom is -0.491 e. The Morgan fingerprint density at radius 1 is 1.36 bits per heavy atom. The molecule has 1 aromatic rings. The van der Waals surface area contributed by atoms with Gasteiger partial charge >= 0.3 is 0 Å². The molecule has 0 saturated carbocycles. The molecule has 1 rings (SSSR count). The quantitative estimate of drug-likeness (QED) is 0.729. The average molecular weight is 193 g/mol. The van der Waals surface area contributed by atoms with Gasteiger partial charge in [-0.15, -0.1) is 0 Å². The van der Waals surface area contributed by atoms with Crippen LogP contribution in [-0.4, -0.2) is 6.61 Å². The van der Waals surface area contributed by atoms with E-state index >= 15 is 0 Å². The van der Waals surface area contributed by atoms with Gasteiger partial charge in [-0.05, 0) is 24.5 Å². The molecule has 0 fully saturated rings. The van der Waals surface area contributed by atoms with Crippen molar-refractivity contribution in [2.24, 2.45) is 5.92 Å². The maximum atomic E-state index is 5.76. The zero-order valence-electron chi connectivity index (χ0n) is 8.99. The van der Waals surface area contributed by atoms with Crippen molar-refractivity contribution in [3.05, 3.63) is 24.3 Å². The molecule has 14 heavy (non-hydrogen) atoms. The molecule has 1 aromatic carbocycles. The van der Waals surface area contributed by atoms with Gasteiger partial charge in [0.15, 0.2) is 0 Å². The van der Waals surface area contributed by atoms with Gasteiger partial charge in [-0.3, -0.25) is 0 Å². The van der Waals surface area contributed by atoms with Crippen molar-refractivity contribution >= 4 is 5.69 Å². The van der Waals surface area contributed by atoms with Crippen LogP contribution in [-0.2, 0) is 0 Å². The Hall–Kier alpha value is -1.18. The second-order valence-corrected chi connectivity index (χ2v) is 3.74. The molecular formula is C12H19NO. The molecule has 0 saturated heterocycles. The van der Waals surface area contributed by atoms with Crippen molar-refractivity contribution in [1.82, 2.24) is 0 Å². The monoisotopic (exact) mass is 193 g/mol. The number of nitrogens with two attached hydrogens (primary N) is 1. The number of rotatable bonds is 5. The van der Waals surface area contributed by atoms with E-state index in [-0.39, 0.29) is 0 Å². The van der Waals surface area contributed by atoms with Gasteiger partial charge in [0.05, 0.1) is 12.3 Å². The van der Waals surface area contributed by atoms with Crippen molar-refractivity contribution in [3.63, 3.8) is 0 Å². The highest BCUT2D eigenvalue weighted by Crippen LogP contribution is 2.20. The first kappa shape index (κ1) is 10.9. The van der Waals surface area contributed by atoms with E-state index in [9.17, 15) is 0 Å². The molecule has 2 nitrogen and oxygen atoms in total. The zero-order valence-corrected chi connectivity index (χ0v) is 8.99. The standard InChI is InChI=1S/C12H19NO/c1-3-6-10(2)9-14-12-8-5-4-7-11(12)13/h4-5,7-8,10H,3,6,9,13H2,1-2H3. The highest BCUT2D eigenvalue weighted by molar-refractivity contribution is 5.51. The molecule has 1 unspecified atom stereocenters. The topological polar surface area (TPSA) is 35.2 Å². The Kier molecular flexibility index (Phi) is 4.30. The summed E-state index contributed by atoms with van der Waals surface area (Å²) in [5.41, 5.74) is 6.47. The summed E-state index contributed by atoms with van der Waals surface area (Å²) in [7, 11) is 0. The first-order valence-corrected chi connectivity index (χ1v) is 5.21. The third-order valence-corrected chi connectivity index (χ3v) is 2.22. The van der Waals surface area contributed by atoms with Crippen molar-refractivity contribution < 1.29 is 4.74 Å². The lowest BCUT2D eigenvalue weighted by Gasteiger charge is -2.13. The first-order valence-electron chi connectivity index (χ1n) is 5.21. The molecule has 0 heterocycles. The molecule has 2 heteroatoms. The Balaban J connectivity index is 2.41. The van der Waals surface area contributed by atoms with E-state index < -0.39 is 0 Å². The Labute approximate surface area is 86.1 Å². The normalized spacial score (nSPS) is 12.4. The zero-order chi connectivity index (χ0) is 10.4. The van der Waals surface area contributed by atoms with Crippen LogP contribution in [0.1, 0.15) is 26.7 Å². The second kappa shape index (κ2) is 5.53. The van der Waals surface area contributed by atoms with Crippen molar-refractivity contribution in [1.29, 1.82) is 0 Å². The average Bonchev–Trinajstić information content (AvgIpc) is 2.17. The van der Waals surface area contributed by atoms with E-state index in [1.54, 1.807) is 0 Å². The van der Waals surface area contributed by atoms with Crippen molar-refractivity contribution in [3.8, 4) is 5.75 Å². The molecule has 0 bridgehead atoms. The van der Waals surface area contributed by atoms with Crippen LogP contribution in [0.3, 0.4) is 0 Å².